The molecule has 0 radical (unpaired) electrons. The molecule has 0 unspecified atom stereocenters. The van der Waals surface area contributed by atoms with E-state index in [2.05, 4.69) is 9.88 Å². The Labute approximate surface area is 207 Å². The topological polar surface area (TPSA) is 79.6 Å². The number of halogens is 4. The molecule has 5 rings (SSSR count). The number of nitro groups is 1. The zero-order valence-corrected chi connectivity index (χ0v) is 20.1. The Hall–Kier alpha value is -3.12. The van der Waals surface area contributed by atoms with Crippen LogP contribution in [0, 0.1) is 28.3 Å². The van der Waals surface area contributed by atoms with E-state index >= 15 is 0 Å². The van der Waals surface area contributed by atoms with Gasteiger partial charge in [0.25, 0.3) is 11.2 Å². The number of aromatic nitrogens is 1. The summed E-state index contributed by atoms with van der Waals surface area (Å²) >= 11 is 0.867. The lowest BCUT2D eigenvalue weighted by Gasteiger charge is -2.54. The van der Waals surface area contributed by atoms with Gasteiger partial charge in [0.1, 0.15) is 10.5 Å². The highest BCUT2D eigenvalue weighted by Crippen LogP contribution is 2.43. The first kappa shape index (κ1) is 24.6. The molecule has 3 heterocycles. The van der Waals surface area contributed by atoms with Crippen LogP contribution in [0.1, 0.15) is 29.5 Å². The standard InChI is InChI=1S/C24H22F4N4O3S/c1-14-2-3-18(25)15(8-14)11-30-12-23(13-30)4-6-31(7-5-23)22-29-21(33)17-9-16(24(26,27)28)10-19(32(34)35)20(17)36-22/h2-3,8-10H,4-7,11-13H2,1H3. The number of non-ortho nitro benzene ring substituents is 1. The number of hydrogen-bond donors (Lipinski definition) is 0. The lowest BCUT2D eigenvalue weighted by molar-refractivity contribution is -0.383. The maximum Gasteiger partial charge on any atom is 0.416 e. The van der Waals surface area contributed by atoms with Gasteiger partial charge in [-0.1, -0.05) is 29.0 Å². The molecule has 0 bridgehead atoms. The van der Waals surface area contributed by atoms with E-state index in [-0.39, 0.29) is 21.1 Å². The third-order valence-electron chi connectivity index (χ3n) is 7.02. The smallest absolute Gasteiger partial charge is 0.348 e. The van der Waals surface area contributed by atoms with Gasteiger partial charge < -0.3 is 4.90 Å². The minimum Gasteiger partial charge on any atom is -0.348 e. The van der Waals surface area contributed by atoms with E-state index in [1.807, 2.05) is 17.9 Å². The molecule has 2 saturated heterocycles. The molecule has 0 aliphatic carbocycles. The number of nitrogens with zero attached hydrogens (tertiary/aromatic N) is 4. The molecular weight excluding hydrogens is 500 g/mol. The zero-order valence-electron chi connectivity index (χ0n) is 19.3. The van der Waals surface area contributed by atoms with Crippen LogP contribution in [0.15, 0.2) is 35.1 Å². The van der Waals surface area contributed by atoms with Gasteiger partial charge in [-0.15, -0.1) is 0 Å². The van der Waals surface area contributed by atoms with Gasteiger partial charge in [-0.25, -0.2) is 4.39 Å². The van der Waals surface area contributed by atoms with Crippen molar-refractivity contribution in [2.24, 2.45) is 5.41 Å². The van der Waals surface area contributed by atoms with Crippen LogP contribution < -0.4 is 10.5 Å². The first-order valence-electron chi connectivity index (χ1n) is 11.4. The second-order valence-electron chi connectivity index (χ2n) is 9.66. The summed E-state index contributed by atoms with van der Waals surface area (Å²) in [6.07, 6.45) is -3.22. The minimum absolute atomic E-state index is 0.0756. The fourth-order valence-corrected chi connectivity index (χ4v) is 6.26. The number of aryl methyl sites for hydroxylation is 1. The number of fused-ring (bicyclic) bond motifs is 1. The maximum absolute atomic E-state index is 14.1. The SMILES string of the molecule is Cc1ccc(F)c(CN2CC3(CCN(c4nc(=O)c5cc(C(F)(F)F)cc([N+](=O)[O-])c5s4)CC3)C2)c1. The van der Waals surface area contributed by atoms with Crippen molar-refractivity contribution in [2.45, 2.75) is 32.5 Å². The number of hydrogen-bond acceptors (Lipinski definition) is 7. The van der Waals surface area contributed by atoms with Crippen LogP contribution in [0.25, 0.3) is 10.1 Å². The molecule has 0 amide bonds. The number of alkyl halides is 3. The van der Waals surface area contributed by atoms with Crippen molar-refractivity contribution in [1.82, 2.24) is 9.88 Å². The highest BCUT2D eigenvalue weighted by atomic mass is 32.1. The Kier molecular flexibility index (Phi) is 5.98. The second-order valence-corrected chi connectivity index (χ2v) is 10.6. The van der Waals surface area contributed by atoms with Gasteiger partial charge in [-0.05, 0) is 37.3 Å². The van der Waals surface area contributed by atoms with Gasteiger partial charge in [-0.3, -0.25) is 19.8 Å². The van der Waals surface area contributed by atoms with Crippen LogP contribution in [0.5, 0.6) is 0 Å². The molecule has 0 atom stereocenters. The van der Waals surface area contributed by atoms with Crippen LogP contribution in [0.2, 0.25) is 0 Å². The lowest BCUT2D eigenvalue weighted by Crippen LogP contribution is -2.59. The Bertz CT molecular complexity index is 1410. The monoisotopic (exact) mass is 522 g/mol. The molecule has 1 aromatic heterocycles. The van der Waals surface area contributed by atoms with E-state index in [0.29, 0.717) is 37.3 Å². The van der Waals surface area contributed by atoms with Crippen molar-refractivity contribution in [3.8, 4) is 0 Å². The molecule has 12 heteroatoms. The summed E-state index contributed by atoms with van der Waals surface area (Å²) in [6.45, 7) is 5.24. The Morgan fingerprint density at radius 1 is 1.17 bits per heavy atom. The quantitative estimate of drug-likeness (QED) is 0.269. The van der Waals surface area contributed by atoms with E-state index < -0.39 is 33.3 Å². The van der Waals surface area contributed by atoms with Crippen LogP contribution in [0.3, 0.4) is 0 Å². The van der Waals surface area contributed by atoms with Crippen molar-refractivity contribution in [3.05, 3.63) is 73.3 Å². The molecular formula is C24H22F4N4O3S. The zero-order chi connectivity index (χ0) is 25.8. The molecule has 0 N–H and O–H groups in total. The fourth-order valence-electron chi connectivity index (χ4n) is 5.14. The van der Waals surface area contributed by atoms with E-state index in [1.54, 1.807) is 6.07 Å². The molecule has 190 valence electrons. The number of piperidine rings is 1. The summed E-state index contributed by atoms with van der Waals surface area (Å²) in [5.74, 6) is -0.217. The van der Waals surface area contributed by atoms with Crippen molar-refractivity contribution < 1.29 is 22.5 Å². The Morgan fingerprint density at radius 3 is 2.50 bits per heavy atom. The van der Waals surface area contributed by atoms with Gasteiger partial charge in [0, 0.05) is 44.4 Å². The Balaban J connectivity index is 1.32. The van der Waals surface area contributed by atoms with Gasteiger partial charge in [0.05, 0.1) is 15.9 Å². The van der Waals surface area contributed by atoms with Crippen LogP contribution in [-0.4, -0.2) is 41.0 Å². The van der Waals surface area contributed by atoms with Gasteiger partial charge in [-0.2, -0.15) is 18.2 Å². The number of anilines is 1. The molecule has 2 fully saturated rings. The number of likely N-dealkylation sites (tertiary alicyclic amines) is 1. The summed E-state index contributed by atoms with van der Waals surface area (Å²) in [5.41, 5.74) is -1.16. The highest BCUT2D eigenvalue weighted by molar-refractivity contribution is 7.22. The fraction of sp³-hybridized carbons (Fsp3) is 0.417. The van der Waals surface area contributed by atoms with Crippen molar-refractivity contribution in [2.75, 3.05) is 31.1 Å². The maximum atomic E-state index is 14.1. The first-order chi connectivity index (χ1) is 16.9. The van der Waals surface area contributed by atoms with Gasteiger partial charge in [0.2, 0.25) is 0 Å². The molecule has 3 aromatic rings. The normalized spacial score (nSPS) is 18.0. The average molecular weight is 523 g/mol. The van der Waals surface area contributed by atoms with E-state index in [4.69, 9.17) is 0 Å². The molecule has 2 aliphatic rings. The predicted molar refractivity (Wildman–Crippen MR) is 128 cm³/mol. The van der Waals surface area contributed by atoms with Gasteiger partial charge >= 0.3 is 6.18 Å². The average Bonchev–Trinajstić information content (AvgIpc) is 2.79. The first-order valence-corrected chi connectivity index (χ1v) is 12.2. The number of rotatable bonds is 4. The van der Waals surface area contributed by atoms with E-state index in [9.17, 15) is 32.5 Å². The van der Waals surface area contributed by atoms with Crippen molar-refractivity contribution in [1.29, 1.82) is 0 Å². The predicted octanol–water partition coefficient (Wildman–Crippen LogP) is 5.13. The summed E-state index contributed by atoms with van der Waals surface area (Å²) < 4.78 is 53.6. The third kappa shape index (κ3) is 4.55. The van der Waals surface area contributed by atoms with Crippen molar-refractivity contribution in [3.63, 3.8) is 0 Å². The summed E-state index contributed by atoms with van der Waals surface area (Å²) in [7, 11) is 0. The second kappa shape index (κ2) is 8.77. The lowest BCUT2D eigenvalue weighted by atomic mass is 9.72. The number of nitro benzene ring substituents is 1. The van der Waals surface area contributed by atoms with Crippen LogP contribution in [0.4, 0.5) is 28.4 Å². The van der Waals surface area contributed by atoms with E-state index in [0.717, 1.165) is 42.8 Å². The molecule has 2 aliphatic heterocycles. The van der Waals surface area contributed by atoms with Crippen LogP contribution >= 0.6 is 11.3 Å². The summed E-state index contributed by atoms with van der Waals surface area (Å²) in [6, 6.07) is 6.17. The van der Waals surface area contributed by atoms with Crippen LogP contribution in [-0.2, 0) is 12.7 Å². The third-order valence-corrected chi connectivity index (χ3v) is 8.19. The Morgan fingerprint density at radius 2 is 1.86 bits per heavy atom. The number of benzene rings is 2. The minimum atomic E-state index is -4.82. The molecule has 2 aromatic carbocycles. The molecule has 1 spiro atoms. The highest BCUT2D eigenvalue weighted by Gasteiger charge is 2.45. The van der Waals surface area contributed by atoms with Gasteiger partial charge in [0.15, 0.2) is 5.13 Å². The molecule has 36 heavy (non-hydrogen) atoms. The molecule has 7 nitrogen and oxygen atoms in total. The van der Waals surface area contributed by atoms with Crippen molar-refractivity contribution >= 4 is 32.2 Å². The van der Waals surface area contributed by atoms with E-state index in [1.165, 1.54) is 6.07 Å². The summed E-state index contributed by atoms with van der Waals surface area (Å²) in [5, 5.41) is 11.4. The largest absolute Gasteiger partial charge is 0.416 e. The summed E-state index contributed by atoms with van der Waals surface area (Å²) in [4.78, 5) is 31.2. The molecule has 0 saturated carbocycles.